The third kappa shape index (κ3) is 4.41. The molecular formula is C16H22ClN7. The van der Waals surface area contributed by atoms with Crippen molar-refractivity contribution in [2.45, 2.75) is 25.9 Å². The fourth-order valence-electron chi connectivity index (χ4n) is 2.22. The summed E-state index contributed by atoms with van der Waals surface area (Å²) in [5, 5.41) is 15.0. The predicted octanol–water partition coefficient (Wildman–Crippen LogP) is 2.28. The summed E-state index contributed by atoms with van der Waals surface area (Å²) in [5.74, 6) is 0.601. The Labute approximate surface area is 146 Å². The van der Waals surface area contributed by atoms with Crippen LogP contribution in [0.15, 0.2) is 24.3 Å². The molecule has 1 heterocycles. The maximum atomic E-state index is 8.19. The Hall–Kier alpha value is -2.22. The van der Waals surface area contributed by atoms with Gasteiger partial charge in [-0.15, -0.1) is 0 Å². The summed E-state index contributed by atoms with van der Waals surface area (Å²) in [6.07, 6.45) is 0.539. The molecule has 128 valence electrons. The number of benzene rings is 1. The lowest BCUT2D eigenvalue weighted by atomic mass is 10.1. The van der Waals surface area contributed by atoms with Crippen LogP contribution in [0.2, 0.25) is 5.02 Å². The summed E-state index contributed by atoms with van der Waals surface area (Å²) >= 11 is 6.16. The molecule has 0 saturated heterocycles. The van der Waals surface area contributed by atoms with Crippen LogP contribution in [-0.4, -0.2) is 28.8 Å². The van der Waals surface area contributed by atoms with Gasteiger partial charge in [0.15, 0.2) is 0 Å². The molecule has 0 saturated carbocycles. The van der Waals surface area contributed by atoms with Gasteiger partial charge in [0, 0.05) is 41.3 Å². The van der Waals surface area contributed by atoms with Crippen LogP contribution in [0.3, 0.4) is 0 Å². The zero-order chi connectivity index (χ0) is 17.7. The molecule has 0 aliphatic rings. The third-order valence-corrected chi connectivity index (χ3v) is 4.00. The normalized spacial score (nSPS) is 12.0. The minimum absolute atomic E-state index is 0.105. The first-order valence-corrected chi connectivity index (χ1v) is 7.96. The molecule has 0 aliphatic carbocycles. The van der Waals surface area contributed by atoms with E-state index in [4.69, 9.17) is 28.5 Å². The third-order valence-electron chi connectivity index (χ3n) is 3.64. The number of aromatic nitrogens is 2. The first-order valence-electron chi connectivity index (χ1n) is 7.58. The number of nitrogens with zero attached hydrogens (tertiary/aromatic N) is 2. The molecule has 0 unspecified atom stereocenters. The molecule has 7 N–H and O–H groups in total. The van der Waals surface area contributed by atoms with Crippen LogP contribution in [0.25, 0.3) is 0 Å². The molecular weight excluding hydrogens is 326 g/mol. The number of nitrogens with two attached hydrogens (primary N) is 2. The summed E-state index contributed by atoms with van der Waals surface area (Å²) in [4.78, 5) is 8.32. The van der Waals surface area contributed by atoms with Gasteiger partial charge >= 0.3 is 0 Å². The zero-order valence-electron chi connectivity index (χ0n) is 13.7. The number of rotatable bonds is 7. The van der Waals surface area contributed by atoms with Gasteiger partial charge in [0.25, 0.3) is 0 Å². The molecule has 2 aromatic rings. The summed E-state index contributed by atoms with van der Waals surface area (Å²) in [6.45, 7) is 2.29. The van der Waals surface area contributed by atoms with E-state index in [0.29, 0.717) is 35.2 Å². The van der Waals surface area contributed by atoms with E-state index in [1.165, 1.54) is 0 Å². The first kappa shape index (κ1) is 18.1. The van der Waals surface area contributed by atoms with E-state index >= 15 is 0 Å². The standard InChI is InChI=1S/C16H22ClN7/c1-9(21-2)6-12(19)14-7-15(24-16(20)23-14)22-13-5-3-4-11(17)10(13)8-18/h3-5,7,9,19,21H,6,8,18H2,1-2H3,(H3,20,22,23,24)/t9-/m1/s1. The second kappa shape index (κ2) is 8.05. The summed E-state index contributed by atoms with van der Waals surface area (Å²) in [6, 6.07) is 7.33. The molecule has 0 aliphatic heterocycles. The van der Waals surface area contributed by atoms with Gasteiger partial charge in [-0.2, -0.15) is 4.98 Å². The van der Waals surface area contributed by atoms with Crippen LogP contribution in [-0.2, 0) is 6.54 Å². The van der Waals surface area contributed by atoms with E-state index in [1.807, 2.05) is 26.1 Å². The summed E-state index contributed by atoms with van der Waals surface area (Å²) in [5.41, 5.74) is 14.0. The summed E-state index contributed by atoms with van der Waals surface area (Å²) in [7, 11) is 1.85. The SMILES string of the molecule is CN[C@H](C)CC(=N)c1cc(Nc2cccc(Cl)c2CN)nc(N)n1. The van der Waals surface area contributed by atoms with E-state index in [1.54, 1.807) is 12.1 Å². The van der Waals surface area contributed by atoms with Gasteiger partial charge in [-0.05, 0) is 26.1 Å². The van der Waals surface area contributed by atoms with Gasteiger partial charge in [-0.25, -0.2) is 4.98 Å². The smallest absolute Gasteiger partial charge is 0.222 e. The van der Waals surface area contributed by atoms with Gasteiger partial charge in [0.1, 0.15) is 5.82 Å². The van der Waals surface area contributed by atoms with E-state index in [0.717, 1.165) is 11.3 Å². The average molecular weight is 348 g/mol. The lowest BCUT2D eigenvalue weighted by Gasteiger charge is -2.14. The maximum absolute atomic E-state index is 8.19. The van der Waals surface area contributed by atoms with Crippen LogP contribution in [0.5, 0.6) is 0 Å². The van der Waals surface area contributed by atoms with Crippen LogP contribution in [0, 0.1) is 5.41 Å². The highest BCUT2D eigenvalue weighted by Crippen LogP contribution is 2.26. The summed E-state index contributed by atoms with van der Waals surface area (Å²) < 4.78 is 0. The first-order chi connectivity index (χ1) is 11.4. The minimum Gasteiger partial charge on any atom is -0.368 e. The Morgan fingerprint density at radius 3 is 2.79 bits per heavy atom. The van der Waals surface area contributed by atoms with Crippen molar-refractivity contribution in [2.75, 3.05) is 18.1 Å². The van der Waals surface area contributed by atoms with Gasteiger partial charge in [0.05, 0.1) is 11.4 Å². The van der Waals surface area contributed by atoms with E-state index in [-0.39, 0.29) is 12.0 Å². The highest BCUT2D eigenvalue weighted by Gasteiger charge is 2.12. The van der Waals surface area contributed by atoms with Crippen LogP contribution in [0.1, 0.15) is 24.6 Å². The van der Waals surface area contributed by atoms with E-state index in [2.05, 4.69) is 20.6 Å². The van der Waals surface area contributed by atoms with Crippen molar-refractivity contribution in [3.05, 3.63) is 40.5 Å². The minimum atomic E-state index is 0.105. The highest BCUT2D eigenvalue weighted by atomic mass is 35.5. The Kier molecular flexibility index (Phi) is 6.08. The average Bonchev–Trinajstić information content (AvgIpc) is 2.54. The molecule has 1 aromatic heterocycles. The van der Waals surface area contributed by atoms with Gasteiger partial charge in [-0.3, -0.25) is 0 Å². The highest BCUT2D eigenvalue weighted by molar-refractivity contribution is 6.31. The number of hydrogen-bond donors (Lipinski definition) is 5. The van der Waals surface area contributed by atoms with Gasteiger partial charge < -0.3 is 27.5 Å². The Bertz CT molecular complexity index is 732. The monoisotopic (exact) mass is 347 g/mol. The Morgan fingerprint density at radius 1 is 1.38 bits per heavy atom. The molecule has 1 atom stereocenters. The number of anilines is 3. The number of nitrogens with one attached hydrogen (secondary N) is 3. The lowest BCUT2D eigenvalue weighted by molar-refractivity contribution is 0.632. The number of halogens is 1. The van der Waals surface area contributed by atoms with Crippen molar-refractivity contribution >= 4 is 34.8 Å². The van der Waals surface area contributed by atoms with Crippen molar-refractivity contribution in [1.82, 2.24) is 15.3 Å². The topological polar surface area (TPSA) is 126 Å². The van der Waals surface area contributed by atoms with Gasteiger partial charge in [0.2, 0.25) is 5.95 Å². The Balaban J connectivity index is 2.29. The van der Waals surface area contributed by atoms with E-state index < -0.39 is 0 Å². The lowest BCUT2D eigenvalue weighted by Crippen LogP contribution is -2.25. The molecule has 7 nitrogen and oxygen atoms in total. The molecule has 8 heteroatoms. The Morgan fingerprint density at radius 2 is 2.12 bits per heavy atom. The molecule has 0 amide bonds. The second-order valence-electron chi connectivity index (χ2n) is 5.46. The molecule has 0 bridgehead atoms. The quantitative estimate of drug-likeness (QED) is 0.489. The fraction of sp³-hybridized carbons (Fsp3) is 0.312. The van der Waals surface area contributed by atoms with Crippen molar-refractivity contribution in [2.24, 2.45) is 5.73 Å². The molecule has 2 rings (SSSR count). The van der Waals surface area contributed by atoms with Gasteiger partial charge in [-0.1, -0.05) is 17.7 Å². The van der Waals surface area contributed by atoms with Crippen molar-refractivity contribution in [3.63, 3.8) is 0 Å². The number of nitrogen functional groups attached to an aromatic ring is 1. The molecule has 1 aromatic carbocycles. The van der Waals surface area contributed by atoms with Crippen LogP contribution >= 0.6 is 11.6 Å². The fourth-order valence-corrected chi connectivity index (χ4v) is 2.47. The molecule has 24 heavy (non-hydrogen) atoms. The molecule has 0 radical (unpaired) electrons. The predicted molar refractivity (Wildman–Crippen MR) is 99.0 cm³/mol. The van der Waals surface area contributed by atoms with Crippen LogP contribution in [0.4, 0.5) is 17.5 Å². The molecule has 0 fully saturated rings. The van der Waals surface area contributed by atoms with Crippen LogP contribution < -0.4 is 22.1 Å². The van der Waals surface area contributed by atoms with Crippen molar-refractivity contribution < 1.29 is 0 Å². The number of hydrogen-bond acceptors (Lipinski definition) is 7. The maximum Gasteiger partial charge on any atom is 0.222 e. The largest absolute Gasteiger partial charge is 0.368 e. The second-order valence-corrected chi connectivity index (χ2v) is 5.87. The zero-order valence-corrected chi connectivity index (χ0v) is 14.5. The van der Waals surface area contributed by atoms with Crippen molar-refractivity contribution in [1.29, 1.82) is 5.41 Å². The van der Waals surface area contributed by atoms with Crippen molar-refractivity contribution in [3.8, 4) is 0 Å². The molecule has 0 spiro atoms. The van der Waals surface area contributed by atoms with E-state index in [9.17, 15) is 0 Å².